The number of carboxylic acid groups (broad SMARTS) is 1. The molecule has 0 radical (unpaired) electrons. The molecule has 1 saturated carbocycles. The average Bonchev–Trinajstić information content (AvgIpc) is 3.05. The Morgan fingerprint density at radius 2 is 1.75 bits per heavy atom. The molecule has 0 bridgehead atoms. The van der Waals surface area contributed by atoms with E-state index in [-0.39, 0.29) is 17.2 Å². The first-order chi connectivity index (χ1) is 11.5. The summed E-state index contributed by atoms with van der Waals surface area (Å²) in [7, 11) is 0. The molecule has 4 amide bonds. The maximum Gasteiger partial charge on any atom is 0.335 e. The summed E-state index contributed by atoms with van der Waals surface area (Å²) in [6, 6.07) is 4.94. The molecule has 1 aliphatic carbocycles. The van der Waals surface area contributed by atoms with Crippen molar-refractivity contribution in [2.75, 3.05) is 0 Å². The molecular weight excluding hydrogens is 312 g/mol. The Balaban J connectivity index is 1.90. The third kappa shape index (κ3) is 2.92. The van der Waals surface area contributed by atoms with Crippen LogP contribution in [-0.2, 0) is 9.59 Å². The van der Waals surface area contributed by atoms with E-state index in [0.717, 1.165) is 30.6 Å². The van der Waals surface area contributed by atoms with E-state index in [1.54, 1.807) is 0 Å². The molecule has 3 rings (SSSR count). The minimum Gasteiger partial charge on any atom is -0.478 e. The van der Waals surface area contributed by atoms with Crippen LogP contribution in [0.2, 0.25) is 0 Å². The number of benzene rings is 1. The summed E-state index contributed by atoms with van der Waals surface area (Å²) >= 11 is 0. The molecule has 1 aliphatic heterocycles. The molecule has 1 heterocycles. The molecule has 24 heavy (non-hydrogen) atoms. The van der Waals surface area contributed by atoms with Gasteiger partial charge >= 0.3 is 12.0 Å². The first-order valence-electron chi connectivity index (χ1n) is 7.71. The van der Waals surface area contributed by atoms with Crippen molar-refractivity contribution in [3.63, 3.8) is 0 Å². The predicted octanol–water partition coefficient (Wildman–Crippen LogP) is 1.79. The third-order valence-corrected chi connectivity index (χ3v) is 4.29. The zero-order chi connectivity index (χ0) is 17.3. The average molecular weight is 328 g/mol. The van der Waals surface area contributed by atoms with Gasteiger partial charge in [-0.15, -0.1) is 0 Å². The van der Waals surface area contributed by atoms with Gasteiger partial charge in [0.25, 0.3) is 11.8 Å². The summed E-state index contributed by atoms with van der Waals surface area (Å²) in [6.07, 6.45) is 4.76. The zero-order valence-corrected chi connectivity index (χ0v) is 12.8. The number of carboxylic acids is 1. The van der Waals surface area contributed by atoms with E-state index in [4.69, 9.17) is 5.11 Å². The summed E-state index contributed by atoms with van der Waals surface area (Å²) in [5.74, 6) is -2.39. The van der Waals surface area contributed by atoms with E-state index in [9.17, 15) is 19.2 Å². The number of nitrogens with zero attached hydrogens (tertiary/aromatic N) is 1. The van der Waals surface area contributed by atoms with Gasteiger partial charge in [-0.25, -0.2) is 9.59 Å². The highest BCUT2D eigenvalue weighted by Gasteiger charge is 2.40. The number of barbiturate groups is 1. The van der Waals surface area contributed by atoms with Crippen molar-refractivity contribution in [3.05, 3.63) is 41.0 Å². The molecule has 7 heteroatoms. The van der Waals surface area contributed by atoms with Crippen molar-refractivity contribution in [2.24, 2.45) is 0 Å². The van der Waals surface area contributed by atoms with Crippen LogP contribution in [0.5, 0.6) is 0 Å². The second kappa shape index (κ2) is 6.27. The van der Waals surface area contributed by atoms with Crippen LogP contribution in [0.1, 0.15) is 41.6 Å². The predicted molar refractivity (Wildman–Crippen MR) is 84.0 cm³/mol. The van der Waals surface area contributed by atoms with Gasteiger partial charge in [0, 0.05) is 6.04 Å². The second-order valence-electron chi connectivity index (χ2n) is 5.86. The smallest absolute Gasteiger partial charge is 0.335 e. The highest BCUT2D eigenvalue weighted by molar-refractivity contribution is 6.31. The van der Waals surface area contributed by atoms with Crippen LogP contribution in [-0.4, -0.2) is 39.9 Å². The van der Waals surface area contributed by atoms with Gasteiger partial charge in [0.15, 0.2) is 0 Å². The molecule has 7 nitrogen and oxygen atoms in total. The Kier molecular flexibility index (Phi) is 4.16. The molecule has 0 unspecified atom stereocenters. The number of hydrogen-bond donors (Lipinski definition) is 2. The van der Waals surface area contributed by atoms with Crippen molar-refractivity contribution in [1.82, 2.24) is 10.2 Å². The van der Waals surface area contributed by atoms with E-state index in [1.807, 2.05) is 0 Å². The van der Waals surface area contributed by atoms with Crippen molar-refractivity contribution in [2.45, 2.75) is 31.7 Å². The molecule has 1 aromatic carbocycles. The van der Waals surface area contributed by atoms with Gasteiger partial charge in [-0.3, -0.25) is 19.8 Å². The minimum absolute atomic E-state index is 0.110. The van der Waals surface area contributed by atoms with E-state index in [2.05, 4.69) is 5.32 Å². The van der Waals surface area contributed by atoms with Gasteiger partial charge in [-0.05, 0) is 36.6 Å². The lowest BCUT2D eigenvalue weighted by atomic mass is 10.0. The largest absolute Gasteiger partial charge is 0.478 e. The summed E-state index contributed by atoms with van der Waals surface area (Å²) < 4.78 is 0. The monoisotopic (exact) mass is 328 g/mol. The summed E-state index contributed by atoms with van der Waals surface area (Å²) in [5.41, 5.74) is 0.503. The molecule has 124 valence electrons. The highest BCUT2D eigenvalue weighted by Crippen LogP contribution is 2.27. The Hall–Kier alpha value is -2.96. The number of hydrogen-bond acceptors (Lipinski definition) is 4. The quantitative estimate of drug-likeness (QED) is 0.650. The molecule has 1 saturated heterocycles. The van der Waals surface area contributed by atoms with Gasteiger partial charge in [0.2, 0.25) is 0 Å². The fourth-order valence-electron chi connectivity index (χ4n) is 3.05. The van der Waals surface area contributed by atoms with E-state index in [1.165, 1.54) is 30.3 Å². The van der Waals surface area contributed by atoms with Crippen LogP contribution in [0.4, 0.5) is 4.79 Å². The number of imide groups is 2. The van der Waals surface area contributed by atoms with E-state index < -0.39 is 23.8 Å². The standard InChI is InChI=1S/C17H16N2O5/c20-14-13(9-10-5-7-11(8-6-10)16(22)23)15(21)19(17(24)18-14)12-3-1-2-4-12/h5-9,12H,1-4H2,(H,22,23)(H,18,20,24)/b13-9+. The Morgan fingerprint density at radius 3 is 2.33 bits per heavy atom. The molecule has 0 aromatic heterocycles. The lowest BCUT2D eigenvalue weighted by Gasteiger charge is -2.31. The van der Waals surface area contributed by atoms with Gasteiger partial charge < -0.3 is 5.11 Å². The number of nitrogens with one attached hydrogen (secondary N) is 1. The van der Waals surface area contributed by atoms with Gasteiger partial charge in [0.05, 0.1) is 5.56 Å². The van der Waals surface area contributed by atoms with E-state index >= 15 is 0 Å². The van der Waals surface area contributed by atoms with Crippen molar-refractivity contribution in [3.8, 4) is 0 Å². The lowest BCUT2D eigenvalue weighted by Crippen LogP contribution is -2.57. The second-order valence-corrected chi connectivity index (χ2v) is 5.86. The number of urea groups is 1. The molecule has 0 spiro atoms. The first-order valence-corrected chi connectivity index (χ1v) is 7.71. The normalized spacial score (nSPS) is 20.6. The molecule has 0 atom stereocenters. The van der Waals surface area contributed by atoms with Crippen molar-refractivity contribution >= 4 is 29.9 Å². The fourth-order valence-corrected chi connectivity index (χ4v) is 3.05. The lowest BCUT2D eigenvalue weighted by molar-refractivity contribution is -0.131. The topological polar surface area (TPSA) is 104 Å². The van der Waals surface area contributed by atoms with Crippen molar-refractivity contribution < 1.29 is 24.3 Å². The zero-order valence-electron chi connectivity index (χ0n) is 12.8. The van der Waals surface area contributed by atoms with E-state index in [0.29, 0.717) is 5.56 Å². The van der Waals surface area contributed by atoms with Crippen LogP contribution >= 0.6 is 0 Å². The highest BCUT2D eigenvalue weighted by atomic mass is 16.4. The molecular formula is C17H16N2O5. The van der Waals surface area contributed by atoms with Gasteiger partial charge in [-0.1, -0.05) is 25.0 Å². The molecule has 2 fully saturated rings. The van der Waals surface area contributed by atoms with Gasteiger partial charge in [0.1, 0.15) is 5.57 Å². The Labute approximate surface area is 137 Å². The molecule has 1 aromatic rings. The summed E-state index contributed by atoms with van der Waals surface area (Å²) in [4.78, 5) is 48.6. The first kappa shape index (κ1) is 15.9. The third-order valence-electron chi connectivity index (χ3n) is 4.29. The van der Waals surface area contributed by atoms with Crippen LogP contribution in [0.3, 0.4) is 0 Å². The molecule has 2 aliphatic rings. The number of carbonyl (C=O) groups excluding carboxylic acids is 3. The summed E-state index contributed by atoms with van der Waals surface area (Å²) in [5, 5.41) is 11.1. The van der Waals surface area contributed by atoms with Crippen LogP contribution in [0.25, 0.3) is 6.08 Å². The maximum atomic E-state index is 12.6. The number of aromatic carboxylic acids is 1. The Morgan fingerprint density at radius 1 is 1.12 bits per heavy atom. The van der Waals surface area contributed by atoms with Gasteiger partial charge in [-0.2, -0.15) is 0 Å². The number of amides is 4. The van der Waals surface area contributed by atoms with Crippen LogP contribution < -0.4 is 5.32 Å². The van der Waals surface area contributed by atoms with Crippen LogP contribution in [0.15, 0.2) is 29.8 Å². The van der Waals surface area contributed by atoms with Crippen LogP contribution in [0, 0.1) is 0 Å². The van der Waals surface area contributed by atoms with Crippen molar-refractivity contribution in [1.29, 1.82) is 0 Å². The molecule has 2 N–H and O–H groups in total. The fraction of sp³-hybridized carbons (Fsp3) is 0.294. The SMILES string of the molecule is O=C1NC(=O)N(C2CCCC2)C(=O)/C1=C/c1ccc(C(=O)O)cc1. The Bertz CT molecular complexity index is 745. The minimum atomic E-state index is -1.06. The number of carbonyl (C=O) groups is 4. The number of rotatable bonds is 3. The maximum absolute atomic E-state index is 12.6. The summed E-state index contributed by atoms with van der Waals surface area (Å²) in [6.45, 7) is 0.